The summed E-state index contributed by atoms with van der Waals surface area (Å²) >= 11 is 0. The van der Waals surface area contributed by atoms with Crippen molar-refractivity contribution in [2.75, 3.05) is 11.9 Å². The summed E-state index contributed by atoms with van der Waals surface area (Å²) in [5.41, 5.74) is -0.138. The molecule has 0 atom stereocenters. The molecule has 108 valence electrons. The Bertz CT molecular complexity index is 541. The van der Waals surface area contributed by atoms with Gasteiger partial charge in [-0.3, -0.25) is 9.59 Å². The maximum atomic E-state index is 13.1. The first-order valence-electron chi connectivity index (χ1n) is 6.47. The van der Waals surface area contributed by atoms with Crippen LogP contribution in [0.4, 0.5) is 10.1 Å². The normalized spacial score (nSPS) is 16.1. The van der Waals surface area contributed by atoms with Crippen molar-refractivity contribution >= 4 is 17.5 Å². The molecule has 0 unspecified atom stereocenters. The largest absolute Gasteiger partial charge is 0.388 e. The Morgan fingerprint density at radius 2 is 2.05 bits per heavy atom. The lowest BCUT2D eigenvalue weighted by Crippen LogP contribution is -2.49. The Hall–Kier alpha value is -1.95. The van der Waals surface area contributed by atoms with Crippen molar-refractivity contribution in [1.82, 2.24) is 5.32 Å². The third-order valence-corrected chi connectivity index (χ3v) is 3.48. The van der Waals surface area contributed by atoms with E-state index >= 15 is 0 Å². The van der Waals surface area contributed by atoms with Crippen molar-refractivity contribution in [2.45, 2.75) is 31.8 Å². The predicted molar refractivity (Wildman–Crippen MR) is 71.6 cm³/mol. The van der Waals surface area contributed by atoms with Gasteiger partial charge in [-0.1, -0.05) is 0 Å². The minimum atomic E-state index is -0.873. The van der Waals surface area contributed by atoms with Crippen molar-refractivity contribution in [1.29, 1.82) is 0 Å². The summed E-state index contributed by atoms with van der Waals surface area (Å²) in [6.45, 7) is 1.64. The first kappa shape index (κ1) is 14.5. The number of anilines is 1. The number of amides is 2. The number of hydrogen-bond donors (Lipinski definition) is 3. The van der Waals surface area contributed by atoms with Crippen LogP contribution in [0.2, 0.25) is 0 Å². The van der Waals surface area contributed by atoms with Crippen molar-refractivity contribution in [3.8, 4) is 0 Å². The summed E-state index contributed by atoms with van der Waals surface area (Å²) in [4.78, 5) is 23.2. The predicted octanol–water partition coefficient (Wildman–Crippen LogP) is 1.10. The van der Waals surface area contributed by atoms with Gasteiger partial charge < -0.3 is 15.7 Å². The zero-order valence-electron chi connectivity index (χ0n) is 11.2. The van der Waals surface area contributed by atoms with Gasteiger partial charge in [0.25, 0.3) is 0 Å². The zero-order valence-corrected chi connectivity index (χ0v) is 11.2. The second kappa shape index (κ2) is 5.58. The van der Waals surface area contributed by atoms with Crippen LogP contribution in [0.5, 0.6) is 0 Å². The summed E-state index contributed by atoms with van der Waals surface area (Å²) in [7, 11) is 0. The quantitative estimate of drug-likeness (QED) is 0.726. The molecule has 3 N–H and O–H groups in total. The topological polar surface area (TPSA) is 78.4 Å². The molecule has 0 aliphatic heterocycles. The highest BCUT2D eigenvalue weighted by molar-refractivity contribution is 6.39. The smallest absolute Gasteiger partial charge is 0.313 e. The van der Waals surface area contributed by atoms with Crippen LogP contribution in [0.25, 0.3) is 0 Å². The van der Waals surface area contributed by atoms with Crippen LogP contribution < -0.4 is 10.6 Å². The molecule has 1 aliphatic carbocycles. The van der Waals surface area contributed by atoms with Crippen LogP contribution in [0.15, 0.2) is 18.2 Å². The molecule has 20 heavy (non-hydrogen) atoms. The summed E-state index contributed by atoms with van der Waals surface area (Å²) < 4.78 is 13.1. The molecular formula is C14H17FN2O3. The van der Waals surface area contributed by atoms with E-state index in [9.17, 15) is 19.1 Å². The van der Waals surface area contributed by atoms with E-state index < -0.39 is 17.4 Å². The van der Waals surface area contributed by atoms with E-state index in [1.807, 2.05) is 0 Å². The van der Waals surface area contributed by atoms with Crippen LogP contribution in [0, 0.1) is 12.7 Å². The van der Waals surface area contributed by atoms with Gasteiger partial charge in [-0.25, -0.2) is 4.39 Å². The van der Waals surface area contributed by atoms with Crippen LogP contribution in [-0.2, 0) is 9.59 Å². The molecule has 1 saturated carbocycles. The highest BCUT2D eigenvalue weighted by Crippen LogP contribution is 2.30. The highest BCUT2D eigenvalue weighted by Gasteiger charge is 2.35. The van der Waals surface area contributed by atoms with Crippen LogP contribution in [0.1, 0.15) is 24.8 Å². The van der Waals surface area contributed by atoms with Crippen LogP contribution in [0.3, 0.4) is 0 Å². The Labute approximate surface area is 116 Å². The second-order valence-electron chi connectivity index (χ2n) is 5.18. The van der Waals surface area contributed by atoms with E-state index in [1.165, 1.54) is 18.2 Å². The number of hydrogen-bond acceptors (Lipinski definition) is 3. The molecule has 6 heteroatoms. The highest BCUT2D eigenvalue weighted by atomic mass is 19.1. The molecule has 0 heterocycles. The summed E-state index contributed by atoms with van der Waals surface area (Å²) in [5, 5.41) is 14.6. The molecule has 0 aromatic heterocycles. The van der Waals surface area contributed by atoms with E-state index in [2.05, 4.69) is 10.6 Å². The third kappa shape index (κ3) is 3.33. The number of nitrogens with one attached hydrogen (secondary N) is 2. The second-order valence-corrected chi connectivity index (χ2v) is 5.18. The van der Waals surface area contributed by atoms with Gasteiger partial charge in [0, 0.05) is 12.2 Å². The molecule has 1 fully saturated rings. The van der Waals surface area contributed by atoms with Crippen LogP contribution >= 0.6 is 0 Å². The van der Waals surface area contributed by atoms with E-state index in [-0.39, 0.29) is 12.4 Å². The maximum absolute atomic E-state index is 13.1. The van der Waals surface area contributed by atoms with Crippen molar-refractivity contribution in [3.63, 3.8) is 0 Å². The first-order valence-corrected chi connectivity index (χ1v) is 6.47. The fourth-order valence-electron chi connectivity index (χ4n) is 2.00. The zero-order chi connectivity index (χ0) is 14.8. The molecule has 0 spiro atoms. The summed E-state index contributed by atoms with van der Waals surface area (Å²) in [6, 6.07) is 4.05. The number of rotatable bonds is 3. The standard InChI is InChI=1S/C14H17FN2O3/c1-9-7-10(3-4-11(9)15)17-13(19)12(18)16-8-14(20)5-2-6-14/h3-4,7,20H,2,5-6,8H2,1H3,(H,16,18)(H,17,19). The lowest BCUT2D eigenvalue weighted by molar-refractivity contribution is -0.137. The fourth-order valence-corrected chi connectivity index (χ4v) is 2.00. The number of benzene rings is 1. The van der Waals surface area contributed by atoms with Gasteiger partial charge >= 0.3 is 11.8 Å². The Kier molecular flexibility index (Phi) is 4.04. The molecule has 1 aromatic carbocycles. The molecule has 0 saturated heterocycles. The number of carbonyl (C=O) groups excluding carboxylic acids is 2. The van der Waals surface area contributed by atoms with E-state index in [4.69, 9.17) is 0 Å². The first-order chi connectivity index (χ1) is 9.39. The van der Waals surface area contributed by atoms with Crippen molar-refractivity contribution in [2.24, 2.45) is 0 Å². The van der Waals surface area contributed by atoms with Gasteiger partial charge in [0.2, 0.25) is 0 Å². The molecule has 0 radical (unpaired) electrons. The lowest BCUT2D eigenvalue weighted by atomic mass is 9.80. The molecular weight excluding hydrogens is 263 g/mol. The van der Waals surface area contributed by atoms with Gasteiger partial charge in [0.1, 0.15) is 5.82 Å². The molecule has 1 aromatic rings. The van der Waals surface area contributed by atoms with Gasteiger partial charge in [0.05, 0.1) is 5.60 Å². The molecule has 2 rings (SSSR count). The van der Waals surface area contributed by atoms with Gasteiger partial charge in [0.15, 0.2) is 0 Å². The van der Waals surface area contributed by atoms with Crippen LogP contribution in [-0.4, -0.2) is 29.1 Å². The lowest BCUT2D eigenvalue weighted by Gasteiger charge is -2.36. The van der Waals surface area contributed by atoms with Gasteiger partial charge in [-0.2, -0.15) is 0 Å². The van der Waals surface area contributed by atoms with Gasteiger partial charge in [-0.05, 0) is 49.9 Å². The molecule has 1 aliphatic rings. The minimum absolute atomic E-state index is 0.0711. The Morgan fingerprint density at radius 3 is 2.60 bits per heavy atom. The van der Waals surface area contributed by atoms with E-state index in [0.717, 1.165) is 6.42 Å². The van der Waals surface area contributed by atoms with E-state index in [1.54, 1.807) is 6.92 Å². The number of halogens is 1. The molecule has 2 amide bonds. The minimum Gasteiger partial charge on any atom is -0.388 e. The number of aliphatic hydroxyl groups is 1. The molecule has 0 bridgehead atoms. The number of aryl methyl sites for hydroxylation is 1. The van der Waals surface area contributed by atoms with Crippen molar-refractivity contribution < 1.29 is 19.1 Å². The number of carbonyl (C=O) groups is 2. The third-order valence-electron chi connectivity index (χ3n) is 3.48. The SMILES string of the molecule is Cc1cc(NC(=O)C(=O)NCC2(O)CCC2)ccc1F. The van der Waals surface area contributed by atoms with E-state index in [0.29, 0.717) is 24.1 Å². The summed E-state index contributed by atoms with van der Waals surface area (Å²) in [6.07, 6.45) is 2.19. The Morgan fingerprint density at radius 1 is 1.35 bits per heavy atom. The maximum Gasteiger partial charge on any atom is 0.313 e. The average Bonchev–Trinajstić information content (AvgIpc) is 2.38. The van der Waals surface area contributed by atoms with Gasteiger partial charge in [-0.15, -0.1) is 0 Å². The fraction of sp³-hybridized carbons (Fsp3) is 0.429. The van der Waals surface area contributed by atoms with Crippen molar-refractivity contribution in [3.05, 3.63) is 29.6 Å². The Balaban J connectivity index is 1.87. The average molecular weight is 280 g/mol. The summed E-state index contributed by atoms with van der Waals surface area (Å²) in [5.74, 6) is -2.02. The molecule has 5 nitrogen and oxygen atoms in total. The monoisotopic (exact) mass is 280 g/mol.